The SMILES string of the molecule is CCCOC(=O)C(c1ccccc1)N1CCC(Nc2ccc(NC(=O)c3ccccc3-c3ccccc3)cc2)C1. The van der Waals surface area contributed by atoms with Crippen LogP contribution in [0.5, 0.6) is 0 Å². The number of rotatable bonds is 10. The molecule has 0 aliphatic carbocycles. The highest BCUT2D eigenvalue weighted by Crippen LogP contribution is 2.29. The van der Waals surface area contributed by atoms with E-state index in [9.17, 15) is 9.59 Å². The molecule has 4 aromatic rings. The van der Waals surface area contributed by atoms with Crippen LogP contribution >= 0.6 is 0 Å². The molecule has 1 heterocycles. The molecule has 1 amide bonds. The first kappa shape index (κ1) is 27.2. The van der Waals surface area contributed by atoms with Gasteiger partial charge in [-0.1, -0.05) is 85.8 Å². The highest BCUT2D eigenvalue weighted by molar-refractivity contribution is 6.08. The summed E-state index contributed by atoms with van der Waals surface area (Å²) in [6.45, 7) is 3.96. The summed E-state index contributed by atoms with van der Waals surface area (Å²) >= 11 is 0. The lowest BCUT2D eigenvalue weighted by atomic mass is 9.99. The third-order valence-corrected chi connectivity index (χ3v) is 7.14. The number of esters is 1. The highest BCUT2D eigenvalue weighted by atomic mass is 16.5. The normalized spacial score (nSPS) is 15.8. The Morgan fingerprint density at radius 2 is 1.50 bits per heavy atom. The Labute approximate surface area is 236 Å². The zero-order valence-corrected chi connectivity index (χ0v) is 22.8. The minimum absolute atomic E-state index is 0.145. The molecule has 4 aromatic carbocycles. The molecule has 5 rings (SSSR count). The number of hydrogen-bond acceptors (Lipinski definition) is 5. The van der Waals surface area contributed by atoms with Gasteiger partial charge in [-0.05, 0) is 59.9 Å². The Hall–Kier alpha value is -4.42. The molecule has 0 bridgehead atoms. The van der Waals surface area contributed by atoms with Crippen molar-refractivity contribution in [2.75, 3.05) is 30.3 Å². The molecule has 6 nitrogen and oxygen atoms in total. The van der Waals surface area contributed by atoms with Gasteiger partial charge >= 0.3 is 5.97 Å². The van der Waals surface area contributed by atoms with Crippen molar-refractivity contribution in [3.8, 4) is 11.1 Å². The minimum Gasteiger partial charge on any atom is -0.464 e. The van der Waals surface area contributed by atoms with Crippen molar-refractivity contribution in [3.63, 3.8) is 0 Å². The van der Waals surface area contributed by atoms with Crippen LogP contribution < -0.4 is 10.6 Å². The number of hydrogen-bond donors (Lipinski definition) is 2. The standard InChI is InChI=1S/C34H35N3O3/c1-2-23-40-34(39)32(26-13-7-4-8-14-26)37-22-21-29(24-37)35-27-17-19-28(20-18-27)36-33(38)31-16-10-9-15-30(31)25-11-5-3-6-12-25/h3-20,29,32,35H,2,21-24H2,1H3,(H,36,38). The molecule has 0 saturated carbocycles. The molecule has 204 valence electrons. The number of anilines is 2. The van der Waals surface area contributed by atoms with Crippen molar-refractivity contribution >= 4 is 23.3 Å². The molecule has 1 fully saturated rings. The van der Waals surface area contributed by atoms with E-state index in [1.54, 1.807) is 0 Å². The molecular weight excluding hydrogens is 498 g/mol. The average Bonchev–Trinajstić information content (AvgIpc) is 3.45. The topological polar surface area (TPSA) is 70.7 Å². The van der Waals surface area contributed by atoms with Crippen molar-refractivity contribution in [1.29, 1.82) is 0 Å². The monoisotopic (exact) mass is 533 g/mol. The van der Waals surface area contributed by atoms with Gasteiger partial charge in [0.05, 0.1) is 6.61 Å². The number of nitrogens with zero attached hydrogens (tertiary/aromatic N) is 1. The fourth-order valence-electron chi connectivity index (χ4n) is 5.19. The van der Waals surface area contributed by atoms with Gasteiger partial charge in [0, 0.05) is 36.1 Å². The number of carbonyl (C=O) groups is 2. The molecular formula is C34H35N3O3. The van der Waals surface area contributed by atoms with E-state index in [1.165, 1.54) is 0 Å². The van der Waals surface area contributed by atoms with Gasteiger partial charge in [-0.2, -0.15) is 0 Å². The van der Waals surface area contributed by atoms with Crippen LogP contribution in [0.2, 0.25) is 0 Å². The fourth-order valence-corrected chi connectivity index (χ4v) is 5.19. The zero-order valence-electron chi connectivity index (χ0n) is 22.8. The maximum atomic E-state index is 13.1. The molecule has 1 aliphatic rings. The Kier molecular flexibility index (Phi) is 8.89. The Balaban J connectivity index is 1.21. The van der Waals surface area contributed by atoms with Crippen LogP contribution in [0.15, 0.2) is 109 Å². The molecule has 2 unspecified atom stereocenters. The predicted molar refractivity (Wildman–Crippen MR) is 160 cm³/mol. The quantitative estimate of drug-likeness (QED) is 0.220. The molecule has 2 N–H and O–H groups in total. The lowest BCUT2D eigenvalue weighted by Crippen LogP contribution is -2.35. The van der Waals surface area contributed by atoms with E-state index in [-0.39, 0.29) is 17.9 Å². The lowest BCUT2D eigenvalue weighted by Gasteiger charge is -2.26. The van der Waals surface area contributed by atoms with Gasteiger partial charge in [-0.15, -0.1) is 0 Å². The Bertz CT molecular complexity index is 1410. The first-order valence-electron chi connectivity index (χ1n) is 13.9. The van der Waals surface area contributed by atoms with Crippen molar-refractivity contribution in [1.82, 2.24) is 4.90 Å². The molecule has 2 atom stereocenters. The predicted octanol–water partition coefficient (Wildman–Crippen LogP) is 6.79. The Morgan fingerprint density at radius 1 is 0.850 bits per heavy atom. The number of amides is 1. The fraction of sp³-hybridized carbons (Fsp3) is 0.235. The Morgan fingerprint density at radius 3 is 2.23 bits per heavy atom. The first-order valence-corrected chi connectivity index (χ1v) is 13.9. The number of ether oxygens (including phenoxy) is 1. The smallest absolute Gasteiger partial charge is 0.328 e. The summed E-state index contributed by atoms with van der Waals surface area (Å²) in [5.74, 6) is -0.337. The summed E-state index contributed by atoms with van der Waals surface area (Å²) < 4.78 is 5.55. The molecule has 40 heavy (non-hydrogen) atoms. The summed E-state index contributed by atoms with van der Waals surface area (Å²) in [5.41, 5.74) is 5.20. The van der Waals surface area contributed by atoms with Crippen molar-refractivity contribution in [3.05, 3.63) is 120 Å². The van der Waals surface area contributed by atoms with Crippen LogP contribution in [0.3, 0.4) is 0 Å². The third kappa shape index (κ3) is 6.58. The summed E-state index contributed by atoms with van der Waals surface area (Å²) in [7, 11) is 0. The van der Waals surface area contributed by atoms with E-state index in [2.05, 4.69) is 15.5 Å². The van der Waals surface area contributed by atoms with Gasteiger partial charge in [0.25, 0.3) is 5.91 Å². The van der Waals surface area contributed by atoms with Gasteiger partial charge in [-0.25, -0.2) is 4.79 Å². The molecule has 6 heteroatoms. The first-order chi connectivity index (χ1) is 19.6. The molecule has 0 radical (unpaired) electrons. The number of nitrogens with one attached hydrogen (secondary N) is 2. The van der Waals surface area contributed by atoms with Crippen molar-refractivity contribution in [2.45, 2.75) is 31.8 Å². The van der Waals surface area contributed by atoms with Crippen molar-refractivity contribution in [2.24, 2.45) is 0 Å². The van der Waals surface area contributed by atoms with Gasteiger partial charge in [0.2, 0.25) is 0 Å². The maximum absolute atomic E-state index is 13.1. The van der Waals surface area contributed by atoms with E-state index < -0.39 is 6.04 Å². The summed E-state index contributed by atoms with van der Waals surface area (Å²) in [6, 6.07) is 35.0. The van der Waals surface area contributed by atoms with Gasteiger partial charge in [-0.3, -0.25) is 9.69 Å². The van der Waals surface area contributed by atoms with Crippen LogP contribution in [0, 0.1) is 0 Å². The maximum Gasteiger partial charge on any atom is 0.328 e. The van der Waals surface area contributed by atoms with Crippen LogP contribution in [0.25, 0.3) is 11.1 Å². The summed E-state index contributed by atoms with van der Waals surface area (Å²) in [5, 5.41) is 6.63. The van der Waals surface area contributed by atoms with E-state index in [1.807, 2.05) is 116 Å². The second-order valence-corrected chi connectivity index (χ2v) is 10.0. The second kappa shape index (κ2) is 13.1. The second-order valence-electron chi connectivity index (χ2n) is 10.0. The summed E-state index contributed by atoms with van der Waals surface area (Å²) in [4.78, 5) is 28.3. The molecule has 1 saturated heterocycles. The molecule has 0 spiro atoms. The number of benzene rings is 4. The van der Waals surface area contributed by atoms with Crippen LogP contribution in [0.4, 0.5) is 11.4 Å². The third-order valence-electron chi connectivity index (χ3n) is 7.14. The zero-order chi connectivity index (χ0) is 27.7. The number of carbonyl (C=O) groups excluding carboxylic acids is 2. The van der Waals surface area contributed by atoms with E-state index >= 15 is 0 Å². The van der Waals surface area contributed by atoms with E-state index in [4.69, 9.17) is 4.74 Å². The lowest BCUT2D eigenvalue weighted by molar-refractivity contribution is -0.150. The van der Waals surface area contributed by atoms with Crippen molar-refractivity contribution < 1.29 is 14.3 Å². The van der Waals surface area contributed by atoms with E-state index in [0.29, 0.717) is 12.2 Å². The van der Waals surface area contributed by atoms with Gasteiger partial charge < -0.3 is 15.4 Å². The van der Waals surface area contributed by atoms with Crippen LogP contribution in [0.1, 0.15) is 41.7 Å². The largest absolute Gasteiger partial charge is 0.464 e. The molecule has 0 aromatic heterocycles. The van der Waals surface area contributed by atoms with Gasteiger partial charge in [0.15, 0.2) is 0 Å². The minimum atomic E-state index is -0.407. The van der Waals surface area contributed by atoms with E-state index in [0.717, 1.165) is 54.0 Å². The average molecular weight is 534 g/mol. The van der Waals surface area contributed by atoms with Crippen LogP contribution in [-0.4, -0.2) is 42.5 Å². The highest BCUT2D eigenvalue weighted by Gasteiger charge is 2.34. The summed E-state index contributed by atoms with van der Waals surface area (Å²) in [6.07, 6.45) is 1.71. The molecule has 1 aliphatic heterocycles. The number of likely N-dealkylation sites (tertiary alicyclic amines) is 1. The van der Waals surface area contributed by atoms with Crippen LogP contribution in [-0.2, 0) is 9.53 Å². The van der Waals surface area contributed by atoms with Gasteiger partial charge in [0.1, 0.15) is 6.04 Å².